The van der Waals surface area contributed by atoms with Gasteiger partial charge in [-0.2, -0.15) is 5.10 Å². The van der Waals surface area contributed by atoms with Gasteiger partial charge in [0.2, 0.25) is 5.89 Å². The molecular formula is C15H13ClFN5O4. The molecule has 0 aliphatic carbocycles. The molecule has 0 radical (unpaired) electrons. The summed E-state index contributed by atoms with van der Waals surface area (Å²) in [5.74, 6) is -0.327. The van der Waals surface area contributed by atoms with E-state index in [-0.39, 0.29) is 34.8 Å². The number of aromatic amines is 2. The van der Waals surface area contributed by atoms with Gasteiger partial charge in [-0.3, -0.25) is 9.78 Å². The Morgan fingerprint density at radius 3 is 3.00 bits per heavy atom. The largest absolute Gasteiger partial charge is 0.482 e. The molecule has 0 fully saturated rings. The number of carbonyl (C=O) groups is 1. The zero-order valence-corrected chi connectivity index (χ0v) is 14.1. The maximum Gasteiger partial charge on any atom is 0.340 e. The monoisotopic (exact) mass is 381 g/mol. The summed E-state index contributed by atoms with van der Waals surface area (Å²) < 4.78 is 23.5. The minimum absolute atomic E-state index is 0.0264. The molecule has 1 atom stereocenters. The molecule has 1 aromatic carbocycles. The third kappa shape index (κ3) is 4.09. The average molecular weight is 382 g/mol. The maximum absolute atomic E-state index is 13.0. The topological polar surface area (TPSA) is 126 Å². The third-order valence-corrected chi connectivity index (χ3v) is 3.60. The Kier molecular flexibility index (Phi) is 5.03. The second kappa shape index (κ2) is 7.40. The van der Waals surface area contributed by atoms with Crippen LogP contribution in [0.2, 0.25) is 5.02 Å². The minimum atomic E-state index is -0.545. The van der Waals surface area contributed by atoms with Crippen molar-refractivity contribution in [1.82, 2.24) is 25.5 Å². The summed E-state index contributed by atoms with van der Waals surface area (Å²) in [5, 5.41) is 8.66. The fourth-order valence-corrected chi connectivity index (χ4v) is 2.26. The van der Waals surface area contributed by atoms with E-state index in [9.17, 15) is 14.0 Å². The van der Waals surface area contributed by atoms with Gasteiger partial charge in [0.25, 0.3) is 5.91 Å². The lowest BCUT2D eigenvalue weighted by Crippen LogP contribution is -2.28. The molecule has 1 amide bonds. The number of nitrogens with zero attached hydrogens (tertiary/aromatic N) is 2. The number of carbonyl (C=O) groups excluding carboxylic acids is 1. The molecule has 3 rings (SSSR count). The average Bonchev–Trinajstić information content (AvgIpc) is 3.23. The highest BCUT2D eigenvalue weighted by Crippen LogP contribution is 2.25. The standard InChI is InChI=1S/C15H13ClFN5O4/c1-7(13-20-15(24)22-21-13)18-14(23)10-5-26-12(19-10)6-25-11-3-2-8(17)4-9(11)16/h2-5,7H,6H2,1H3,(H,18,23)(H2,20,21,22,24). The van der Waals surface area contributed by atoms with Crippen molar-refractivity contribution >= 4 is 17.5 Å². The predicted octanol–water partition coefficient (Wildman–Crippen LogP) is 1.95. The number of halogens is 2. The Morgan fingerprint density at radius 1 is 1.50 bits per heavy atom. The van der Waals surface area contributed by atoms with Gasteiger partial charge < -0.3 is 14.5 Å². The van der Waals surface area contributed by atoms with E-state index in [1.54, 1.807) is 6.92 Å². The van der Waals surface area contributed by atoms with Crippen LogP contribution in [-0.4, -0.2) is 26.1 Å². The maximum atomic E-state index is 13.0. The quantitative estimate of drug-likeness (QED) is 0.599. The smallest absolute Gasteiger partial charge is 0.340 e. The van der Waals surface area contributed by atoms with Gasteiger partial charge in [-0.25, -0.2) is 19.3 Å². The van der Waals surface area contributed by atoms with Gasteiger partial charge in [0.15, 0.2) is 18.1 Å². The SMILES string of the molecule is CC(NC(=O)c1coc(COc2ccc(F)cc2Cl)n1)c1n[nH]c(=O)[nH]1. The van der Waals surface area contributed by atoms with Gasteiger partial charge in [0.05, 0.1) is 11.1 Å². The van der Waals surface area contributed by atoms with Crippen molar-refractivity contribution in [2.75, 3.05) is 0 Å². The molecule has 0 saturated carbocycles. The summed E-state index contributed by atoms with van der Waals surface area (Å²) >= 11 is 5.85. The van der Waals surface area contributed by atoms with Crippen LogP contribution in [0, 0.1) is 5.82 Å². The molecule has 1 unspecified atom stereocenters. The number of H-pyrrole nitrogens is 2. The van der Waals surface area contributed by atoms with Gasteiger partial charge in [0, 0.05) is 0 Å². The second-order valence-electron chi connectivity index (χ2n) is 5.25. The molecule has 3 N–H and O–H groups in total. The van der Waals surface area contributed by atoms with E-state index in [0.717, 1.165) is 6.07 Å². The zero-order valence-electron chi connectivity index (χ0n) is 13.4. The van der Waals surface area contributed by atoms with E-state index in [1.165, 1.54) is 18.4 Å². The molecule has 0 aliphatic heterocycles. The number of ether oxygens (including phenoxy) is 1. The van der Waals surface area contributed by atoms with Crippen LogP contribution in [-0.2, 0) is 6.61 Å². The van der Waals surface area contributed by atoms with Crippen LogP contribution in [0.25, 0.3) is 0 Å². The van der Waals surface area contributed by atoms with Crippen molar-refractivity contribution in [3.63, 3.8) is 0 Å². The van der Waals surface area contributed by atoms with Crippen LogP contribution >= 0.6 is 11.6 Å². The molecule has 136 valence electrons. The molecule has 3 aromatic rings. The Balaban J connectivity index is 1.60. The first-order chi connectivity index (χ1) is 12.4. The van der Waals surface area contributed by atoms with Crippen molar-refractivity contribution in [2.45, 2.75) is 19.6 Å². The number of hydrogen-bond donors (Lipinski definition) is 3. The summed E-state index contributed by atoms with van der Waals surface area (Å²) in [5.41, 5.74) is -0.444. The normalized spacial score (nSPS) is 12.0. The number of amides is 1. The zero-order chi connectivity index (χ0) is 18.7. The highest BCUT2D eigenvalue weighted by atomic mass is 35.5. The van der Waals surface area contributed by atoms with Crippen LogP contribution < -0.4 is 15.7 Å². The number of oxazole rings is 1. The van der Waals surface area contributed by atoms with Crippen LogP contribution in [0.3, 0.4) is 0 Å². The summed E-state index contributed by atoms with van der Waals surface area (Å²) in [4.78, 5) is 29.6. The molecule has 0 saturated heterocycles. The Morgan fingerprint density at radius 2 is 2.31 bits per heavy atom. The molecule has 0 bridgehead atoms. The van der Waals surface area contributed by atoms with E-state index in [1.807, 2.05) is 0 Å². The van der Waals surface area contributed by atoms with Crippen molar-refractivity contribution in [2.24, 2.45) is 0 Å². The van der Waals surface area contributed by atoms with Gasteiger partial charge >= 0.3 is 5.69 Å². The van der Waals surface area contributed by atoms with Crippen LogP contribution in [0.15, 0.2) is 33.7 Å². The molecule has 0 aliphatic rings. The number of nitrogens with one attached hydrogen (secondary N) is 3. The van der Waals surface area contributed by atoms with Crippen LogP contribution in [0.1, 0.15) is 35.2 Å². The van der Waals surface area contributed by atoms with Crippen LogP contribution in [0.4, 0.5) is 4.39 Å². The Bertz CT molecular complexity index is 982. The van der Waals surface area contributed by atoms with E-state index in [2.05, 4.69) is 25.5 Å². The van der Waals surface area contributed by atoms with E-state index in [0.29, 0.717) is 0 Å². The number of hydrogen-bond acceptors (Lipinski definition) is 6. The van der Waals surface area contributed by atoms with Gasteiger partial charge in [-0.15, -0.1) is 0 Å². The highest BCUT2D eigenvalue weighted by Gasteiger charge is 2.18. The number of aromatic nitrogens is 4. The first kappa shape index (κ1) is 17.7. The lowest BCUT2D eigenvalue weighted by atomic mass is 10.3. The van der Waals surface area contributed by atoms with Crippen LogP contribution in [0.5, 0.6) is 5.75 Å². The fraction of sp³-hybridized carbons (Fsp3) is 0.200. The molecule has 9 nitrogen and oxygen atoms in total. The van der Waals surface area contributed by atoms with Crippen molar-refractivity contribution in [3.05, 3.63) is 63.2 Å². The predicted molar refractivity (Wildman–Crippen MR) is 87.3 cm³/mol. The van der Waals surface area contributed by atoms with Crippen molar-refractivity contribution in [3.8, 4) is 5.75 Å². The van der Waals surface area contributed by atoms with E-state index in [4.69, 9.17) is 20.8 Å². The lowest BCUT2D eigenvalue weighted by Gasteiger charge is -2.08. The minimum Gasteiger partial charge on any atom is -0.482 e. The number of rotatable bonds is 6. The van der Waals surface area contributed by atoms with E-state index >= 15 is 0 Å². The summed E-state index contributed by atoms with van der Waals surface area (Å²) in [6.07, 6.45) is 1.17. The van der Waals surface area contributed by atoms with Gasteiger partial charge in [-0.1, -0.05) is 11.6 Å². The molecular weight excluding hydrogens is 369 g/mol. The second-order valence-corrected chi connectivity index (χ2v) is 5.66. The summed E-state index contributed by atoms with van der Waals surface area (Å²) in [6.45, 7) is 1.55. The molecule has 11 heteroatoms. The molecule has 0 spiro atoms. The Labute approximate surface area is 150 Å². The Hall–Kier alpha value is -3.14. The van der Waals surface area contributed by atoms with E-state index < -0.39 is 23.5 Å². The summed E-state index contributed by atoms with van der Waals surface area (Å²) in [6, 6.07) is 3.15. The molecule has 2 aromatic heterocycles. The van der Waals surface area contributed by atoms with Crippen molar-refractivity contribution < 1.29 is 18.3 Å². The molecule has 26 heavy (non-hydrogen) atoms. The van der Waals surface area contributed by atoms with Gasteiger partial charge in [-0.05, 0) is 25.1 Å². The van der Waals surface area contributed by atoms with Crippen molar-refractivity contribution in [1.29, 1.82) is 0 Å². The number of benzene rings is 1. The highest BCUT2D eigenvalue weighted by molar-refractivity contribution is 6.32. The fourth-order valence-electron chi connectivity index (χ4n) is 2.04. The summed E-state index contributed by atoms with van der Waals surface area (Å²) in [7, 11) is 0. The third-order valence-electron chi connectivity index (χ3n) is 3.31. The molecule has 2 heterocycles. The lowest BCUT2D eigenvalue weighted by molar-refractivity contribution is 0.0933. The first-order valence-corrected chi connectivity index (χ1v) is 7.78. The van der Waals surface area contributed by atoms with Gasteiger partial charge in [0.1, 0.15) is 17.8 Å². The first-order valence-electron chi connectivity index (χ1n) is 7.40.